The molecule has 0 aliphatic rings. The first-order valence-corrected chi connectivity index (χ1v) is 4.74. The normalized spacial score (nSPS) is 12.2. The van der Waals surface area contributed by atoms with Crippen LogP contribution in [-0.4, -0.2) is 4.98 Å². The molecule has 0 aliphatic heterocycles. The summed E-state index contributed by atoms with van der Waals surface area (Å²) < 4.78 is 0. The van der Waals surface area contributed by atoms with Gasteiger partial charge in [0.05, 0.1) is 5.69 Å². The van der Waals surface area contributed by atoms with Gasteiger partial charge in [-0.2, -0.15) is 0 Å². The summed E-state index contributed by atoms with van der Waals surface area (Å²) in [7, 11) is 0. The van der Waals surface area contributed by atoms with E-state index < -0.39 is 0 Å². The van der Waals surface area contributed by atoms with Crippen molar-refractivity contribution in [2.45, 2.75) is 33.6 Å². The van der Waals surface area contributed by atoms with E-state index >= 15 is 0 Å². The van der Waals surface area contributed by atoms with Gasteiger partial charge in [0.2, 0.25) is 0 Å². The van der Waals surface area contributed by atoms with Crippen molar-refractivity contribution in [2.75, 3.05) is 0 Å². The van der Waals surface area contributed by atoms with Crippen molar-refractivity contribution in [3.8, 4) is 0 Å². The molecule has 0 atom stereocenters. The zero-order valence-corrected chi connectivity index (χ0v) is 8.83. The van der Waals surface area contributed by atoms with E-state index in [1.165, 1.54) is 11.1 Å². The van der Waals surface area contributed by atoms with Gasteiger partial charge in [-0.3, -0.25) is 4.98 Å². The summed E-state index contributed by atoms with van der Waals surface area (Å²) in [4.78, 5) is 4.32. The van der Waals surface area contributed by atoms with Crippen LogP contribution in [0.3, 0.4) is 0 Å². The molecule has 1 aromatic rings. The first kappa shape index (κ1) is 9.97. The molecule has 0 bridgehead atoms. The number of aromatic nitrogens is 1. The molecule has 0 amide bonds. The van der Waals surface area contributed by atoms with E-state index in [4.69, 9.17) is 0 Å². The largest absolute Gasteiger partial charge is 0.257 e. The maximum absolute atomic E-state index is 4.32. The van der Waals surface area contributed by atoms with E-state index in [-0.39, 0.29) is 0 Å². The van der Waals surface area contributed by atoms with E-state index in [9.17, 15) is 0 Å². The lowest BCUT2D eigenvalue weighted by Gasteiger charge is -2.07. The maximum Gasteiger partial charge on any atom is 0.0658 e. The van der Waals surface area contributed by atoms with Crippen LogP contribution in [0.5, 0.6) is 0 Å². The molecular weight excluding hydrogens is 158 g/mol. The summed E-state index contributed by atoms with van der Waals surface area (Å²) in [5, 5.41) is 0. The summed E-state index contributed by atoms with van der Waals surface area (Å²) in [5.74, 6) is 0.575. The smallest absolute Gasteiger partial charge is 0.0658 e. The van der Waals surface area contributed by atoms with Crippen LogP contribution in [0.2, 0.25) is 0 Å². The van der Waals surface area contributed by atoms with Crippen molar-refractivity contribution < 1.29 is 0 Å². The molecule has 0 saturated carbocycles. The quantitative estimate of drug-likeness (QED) is 0.669. The van der Waals surface area contributed by atoms with Gasteiger partial charge in [0.25, 0.3) is 0 Å². The Kier molecular flexibility index (Phi) is 3.24. The Balaban J connectivity index is 3.05. The lowest BCUT2D eigenvalue weighted by Crippen LogP contribution is -1.91. The molecule has 0 aliphatic carbocycles. The van der Waals surface area contributed by atoms with Crippen LogP contribution >= 0.6 is 0 Å². The van der Waals surface area contributed by atoms with E-state index in [0.717, 1.165) is 5.69 Å². The van der Waals surface area contributed by atoms with E-state index in [2.05, 4.69) is 44.0 Å². The minimum atomic E-state index is 0.575. The van der Waals surface area contributed by atoms with Crippen molar-refractivity contribution in [2.24, 2.45) is 0 Å². The van der Waals surface area contributed by atoms with Crippen molar-refractivity contribution in [1.29, 1.82) is 0 Å². The molecule has 13 heavy (non-hydrogen) atoms. The molecule has 70 valence electrons. The molecule has 0 saturated heterocycles. The SMILES string of the molecule is C/C=C(\C)c1cc(C(C)C)ccn1. The summed E-state index contributed by atoms with van der Waals surface area (Å²) in [6.07, 6.45) is 3.98. The minimum Gasteiger partial charge on any atom is -0.257 e. The Bertz CT molecular complexity index is 311. The molecule has 0 aromatic carbocycles. The molecule has 0 fully saturated rings. The van der Waals surface area contributed by atoms with Crippen molar-refractivity contribution in [3.63, 3.8) is 0 Å². The summed E-state index contributed by atoms with van der Waals surface area (Å²) in [5.41, 5.74) is 3.68. The Morgan fingerprint density at radius 1 is 1.46 bits per heavy atom. The number of hydrogen-bond acceptors (Lipinski definition) is 1. The zero-order chi connectivity index (χ0) is 9.84. The zero-order valence-electron chi connectivity index (χ0n) is 8.83. The topological polar surface area (TPSA) is 12.9 Å². The summed E-state index contributed by atoms with van der Waals surface area (Å²) >= 11 is 0. The van der Waals surface area contributed by atoms with Crippen LogP contribution in [-0.2, 0) is 0 Å². The fraction of sp³-hybridized carbons (Fsp3) is 0.417. The van der Waals surface area contributed by atoms with Gasteiger partial charge in [0, 0.05) is 6.20 Å². The average molecular weight is 175 g/mol. The molecule has 0 spiro atoms. The van der Waals surface area contributed by atoms with Crippen molar-refractivity contribution in [1.82, 2.24) is 4.98 Å². The number of rotatable bonds is 2. The number of allylic oxidation sites excluding steroid dienone is 2. The second-order valence-corrected chi connectivity index (χ2v) is 3.60. The molecule has 1 nitrogen and oxygen atoms in total. The lowest BCUT2D eigenvalue weighted by molar-refractivity contribution is 0.861. The first-order valence-electron chi connectivity index (χ1n) is 4.74. The van der Waals surface area contributed by atoms with Gasteiger partial charge in [-0.1, -0.05) is 19.9 Å². The van der Waals surface area contributed by atoms with E-state index in [1.54, 1.807) is 0 Å². The predicted molar refractivity (Wildman–Crippen MR) is 57.7 cm³/mol. The molecule has 0 N–H and O–H groups in total. The third kappa shape index (κ3) is 2.41. The van der Waals surface area contributed by atoms with Crippen LogP contribution in [0, 0.1) is 0 Å². The van der Waals surface area contributed by atoms with Gasteiger partial charge in [0.15, 0.2) is 0 Å². The van der Waals surface area contributed by atoms with Crippen LogP contribution < -0.4 is 0 Å². The van der Waals surface area contributed by atoms with Crippen molar-refractivity contribution in [3.05, 3.63) is 35.7 Å². The third-order valence-corrected chi connectivity index (χ3v) is 2.29. The Morgan fingerprint density at radius 3 is 2.69 bits per heavy atom. The van der Waals surface area contributed by atoms with Crippen LogP contribution in [0.15, 0.2) is 24.4 Å². The van der Waals surface area contributed by atoms with Gasteiger partial charge in [0.1, 0.15) is 0 Å². The highest BCUT2D eigenvalue weighted by atomic mass is 14.7. The predicted octanol–water partition coefficient (Wildman–Crippen LogP) is 3.63. The molecule has 1 aromatic heterocycles. The van der Waals surface area contributed by atoms with Crippen LogP contribution in [0.4, 0.5) is 0 Å². The van der Waals surface area contributed by atoms with E-state index in [0.29, 0.717) is 5.92 Å². The van der Waals surface area contributed by atoms with Gasteiger partial charge >= 0.3 is 0 Å². The summed E-state index contributed by atoms with van der Waals surface area (Å²) in [6, 6.07) is 4.25. The molecule has 1 heteroatoms. The Labute approximate surface area is 80.5 Å². The Morgan fingerprint density at radius 2 is 2.15 bits per heavy atom. The standard InChI is InChI=1S/C12H17N/c1-5-10(4)12-8-11(9(2)3)6-7-13-12/h5-9H,1-4H3/b10-5+. The highest BCUT2D eigenvalue weighted by Gasteiger charge is 2.01. The Hall–Kier alpha value is -1.11. The highest BCUT2D eigenvalue weighted by Crippen LogP contribution is 2.17. The fourth-order valence-corrected chi connectivity index (χ4v) is 1.17. The van der Waals surface area contributed by atoms with Gasteiger partial charge < -0.3 is 0 Å². The number of pyridine rings is 1. The fourth-order valence-electron chi connectivity index (χ4n) is 1.17. The monoisotopic (exact) mass is 175 g/mol. The molecule has 1 rings (SSSR count). The van der Waals surface area contributed by atoms with Crippen LogP contribution in [0.25, 0.3) is 5.57 Å². The molecule has 1 heterocycles. The molecular formula is C12H17N. The maximum atomic E-state index is 4.32. The van der Waals surface area contributed by atoms with Gasteiger partial charge in [-0.05, 0) is 43.0 Å². The second kappa shape index (κ2) is 4.22. The first-order chi connectivity index (χ1) is 6.15. The highest BCUT2D eigenvalue weighted by molar-refractivity contribution is 5.60. The van der Waals surface area contributed by atoms with Crippen molar-refractivity contribution >= 4 is 5.57 Å². The average Bonchev–Trinajstić information content (AvgIpc) is 2.17. The number of hydrogen-bond donors (Lipinski definition) is 0. The lowest BCUT2D eigenvalue weighted by atomic mass is 10.0. The van der Waals surface area contributed by atoms with E-state index in [1.807, 2.05) is 13.1 Å². The van der Waals surface area contributed by atoms with Crippen LogP contribution in [0.1, 0.15) is 44.9 Å². The van der Waals surface area contributed by atoms with Gasteiger partial charge in [-0.15, -0.1) is 0 Å². The molecule has 0 unspecified atom stereocenters. The minimum absolute atomic E-state index is 0.575. The third-order valence-electron chi connectivity index (χ3n) is 2.29. The van der Waals surface area contributed by atoms with Gasteiger partial charge in [-0.25, -0.2) is 0 Å². The summed E-state index contributed by atoms with van der Waals surface area (Å²) in [6.45, 7) is 8.53. The number of nitrogens with zero attached hydrogens (tertiary/aromatic N) is 1. The second-order valence-electron chi connectivity index (χ2n) is 3.60. The molecule has 0 radical (unpaired) electrons.